The number of unbranched alkanes of at least 4 members (excludes halogenated alkanes) is 4. The minimum atomic E-state index is -2.41. The van der Waals surface area contributed by atoms with Crippen LogP contribution in [0.25, 0.3) is 0 Å². The summed E-state index contributed by atoms with van der Waals surface area (Å²) in [6, 6.07) is 27.1. The molecule has 2 saturated heterocycles. The summed E-state index contributed by atoms with van der Waals surface area (Å²) in [6.45, 7) is 13.8. The van der Waals surface area contributed by atoms with Gasteiger partial charge in [0.1, 0.15) is 6.10 Å². The Hall–Kier alpha value is -2.83. The molecule has 65 heavy (non-hydrogen) atoms. The van der Waals surface area contributed by atoms with E-state index in [1.807, 2.05) is 45.1 Å². The maximum atomic E-state index is 14.3. The first-order chi connectivity index (χ1) is 30.9. The molecule has 1 amide bonds. The monoisotopic (exact) mass is 922 g/mol. The molecule has 0 aliphatic carbocycles. The fourth-order valence-electron chi connectivity index (χ4n) is 10.9. The number of amides is 1. The third kappa shape index (κ3) is 13.5. The van der Waals surface area contributed by atoms with Gasteiger partial charge >= 0.3 is 223 Å². The molecular weight excluding hydrogens is 838 g/mol. The number of aliphatic hydroxyl groups excluding tert-OH is 2. The van der Waals surface area contributed by atoms with E-state index in [9.17, 15) is 25.2 Å². The first kappa shape index (κ1) is 53.1. The van der Waals surface area contributed by atoms with Gasteiger partial charge in [0.2, 0.25) is 0 Å². The van der Waals surface area contributed by atoms with Crippen LogP contribution in [0.15, 0.2) is 85.1 Å². The summed E-state index contributed by atoms with van der Waals surface area (Å²) in [6.07, 6.45) is 5.78. The summed E-state index contributed by atoms with van der Waals surface area (Å²) in [4.78, 5) is 23.0. The second kappa shape index (κ2) is 24.5. The van der Waals surface area contributed by atoms with Gasteiger partial charge in [-0.05, 0) is 66.0 Å². The molecular formula is C53H84N3O8P. The summed E-state index contributed by atoms with van der Waals surface area (Å²) in [5.41, 5.74) is -1.80. The zero-order valence-corrected chi connectivity index (χ0v) is 42.0. The third-order valence-corrected chi connectivity index (χ3v) is 19.5. The van der Waals surface area contributed by atoms with Crippen molar-refractivity contribution in [1.29, 1.82) is 0 Å². The molecule has 0 spiro atoms. The first-order valence-corrected chi connectivity index (χ1v) is 26.9. The average Bonchev–Trinajstić information content (AvgIpc) is 3.29. The summed E-state index contributed by atoms with van der Waals surface area (Å²) in [5, 5.41) is 50.3. The van der Waals surface area contributed by atoms with Crippen molar-refractivity contribution < 1.29 is 39.4 Å². The summed E-state index contributed by atoms with van der Waals surface area (Å²) >= 11 is 0. The van der Waals surface area contributed by atoms with Crippen molar-refractivity contribution in [2.45, 2.75) is 179 Å². The zero-order chi connectivity index (χ0) is 47.4. The van der Waals surface area contributed by atoms with E-state index in [2.05, 4.69) is 86.6 Å². The second-order valence-corrected chi connectivity index (χ2v) is 24.2. The minimum absolute atomic E-state index is 0.0263. The Morgan fingerprint density at radius 1 is 0.877 bits per heavy atom. The first-order valence-electron chi connectivity index (χ1n) is 24.7. The van der Waals surface area contributed by atoms with Crippen LogP contribution in [0.2, 0.25) is 0 Å². The Balaban J connectivity index is 1.28. The van der Waals surface area contributed by atoms with E-state index in [0.29, 0.717) is 51.6 Å². The van der Waals surface area contributed by atoms with Gasteiger partial charge in [-0.3, -0.25) is 0 Å². The number of aromatic nitrogens is 1. The Labute approximate surface area is 391 Å². The molecule has 1 aromatic heterocycles. The molecule has 3 aromatic rings. The fourth-order valence-corrected chi connectivity index (χ4v) is 15.7. The van der Waals surface area contributed by atoms with Crippen molar-refractivity contribution in [1.82, 2.24) is 14.8 Å². The number of carbonyl (C=O) groups excluding carboxylic acids is 1. The van der Waals surface area contributed by atoms with E-state index in [1.54, 1.807) is 25.7 Å². The van der Waals surface area contributed by atoms with Crippen molar-refractivity contribution in [2.75, 3.05) is 33.4 Å². The number of aliphatic hydroxyl groups is 4. The number of hydrogen-bond acceptors (Lipinski definition) is 10. The van der Waals surface area contributed by atoms with Crippen LogP contribution in [-0.4, -0.2) is 135 Å². The van der Waals surface area contributed by atoms with E-state index in [4.69, 9.17) is 19.2 Å². The molecule has 12 atom stereocenters. The van der Waals surface area contributed by atoms with E-state index in [1.165, 1.54) is 16.0 Å². The molecule has 2 aliphatic rings. The van der Waals surface area contributed by atoms with Crippen LogP contribution in [0.5, 0.6) is 0 Å². The number of benzene rings is 2. The normalized spacial score (nSPS) is 32.7. The smallest absolute Gasteiger partial charge is 0.385 e. The number of carbonyl (C=O) groups is 1. The van der Waals surface area contributed by atoms with Crippen molar-refractivity contribution in [3.05, 3.63) is 85.1 Å². The number of hydrogen-bond donors (Lipinski definition) is 4. The maximum absolute atomic E-state index is 14.3. The van der Waals surface area contributed by atoms with Gasteiger partial charge in [-0.1, -0.05) is 20.8 Å². The number of likely N-dealkylation sites (N-methyl/N-ethyl adjacent to an activating group) is 1. The van der Waals surface area contributed by atoms with Crippen molar-refractivity contribution in [2.24, 2.45) is 11.8 Å². The van der Waals surface area contributed by atoms with Crippen molar-refractivity contribution in [3.63, 3.8) is 0 Å². The van der Waals surface area contributed by atoms with Gasteiger partial charge in [0, 0.05) is 12.6 Å². The van der Waals surface area contributed by atoms with Gasteiger partial charge in [0.15, 0.2) is 6.29 Å². The van der Waals surface area contributed by atoms with Crippen LogP contribution < -0.4 is 16.0 Å². The predicted octanol–water partition coefficient (Wildman–Crippen LogP) is 6.59. The van der Waals surface area contributed by atoms with Gasteiger partial charge in [-0.25, -0.2) is 0 Å². The van der Waals surface area contributed by atoms with E-state index in [-0.39, 0.29) is 36.4 Å². The van der Waals surface area contributed by atoms with Gasteiger partial charge in [0.25, 0.3) is 0 Å². The fraction of sp³-hybridized carbons (Fsp3) is 0.660. The van der Waals surface area contributed by atoms with E-state index >= 15 is 0 Å². The minimum Gasteiger partial charge on any atom is -0.385 e. The van der Waals surface area contributed by atoms with Crippen LogP contribution in [0.3, 0.4) is 0 Å². The van der Waals surface area contributed by atoms with Crippen LogP contribution >= 0.6 is 7.26 Å². The SMILES string of the molecule is CC[C@H]1OC[C@H](C)C[C@H](C)[C@@H](O[C@@H]2O[C@H](C)C[C@H](N(C)C)[C@H]2O)[C@](C)(O)CCCN(C(=O)CCCCCCC[PH](c2ccccc2)(c2ccccc2)c2ccccn2)[C@H](C)[C@@H](O)[C@]1(C)O. The molecule has 12 heteroatoms. The molecule has 0 radical (unpaired) electrons. The molecule has 3 heterocycles. The Bertz CT molecular complexity index is 1740. The Morgan fingerprint density at radius 2 is 1.49 bits per heavy atom. The molecule has 0 unspecified atom stereocenters. The van der Waals surface area contributed by atoms with Crippen LogP contribution in [-0.2, 0) is 19.0 Å². The topological polar surface area (TPSA) is 145 Å². The molecule has 4 N–H and O–H groups in total. The van der Waals surface area contributed by atoms with Gasteiger partial charge in [-0.2, -0.15) is 0 Å². The molecule has 11 nitrogen and oxygen atoms in total. The summed E-state index contributed by atoms with van der Waals surface area (Å²) in [7, 11) is 1.46. The van der Waals surface area contributed by atoms with Gasteiger partial charge < -0.3 is 34.4 Å². The molecule has 5 rings (SSSR count). The number of ether oxygens (including phenoxy) is 3. The van der Waals surface area contributed by atoms with Crippen LogP contribution in [0.4, 0.5) is 0 Å². The molecule has 0 bridgehead atoms. The van der Waals surface area contributed by atoms with Crippen LogP contribution in [0.1, 0.15) is 119 Å². The summed E-state index contributed by atoms with van der Waals surface area (Å²) < 4.78 is 19.3. The van der Waals surface area contributed by atoms with Crippen molar-refractivity contribution in [3.8, 4) is 0 Å². The quantitative estimate of drug-likeness (QED) is 0.0974. The number of rotatable bonds is 15. The third-order valence-electron chi connectivity index (χ3n) is 14.6. The number of nitrogens with zero attached hydrogens (tertiary/aromatic N) is 3. The Kier molecular flexibility index (Phi) is 20.0. The molecule has 0 saturated carbocycles. The number of pyridine rings is 1. The second-order valence-electron chi connectivity index (χ2n) is 20.3. The Morgan fingerprint density at radius 3 is 2.09 bits per heavy atom. The molecule has 2 fully saturated rings. The molecule has 364 valence electrons. The molecule has 2 aliphatic heterocycles. The van der Waals surface area contributed by atoms with Gasteiger partial charge in [-0.15, -0.1) is 0 Å². The zero-order valence-electron chi connectivity index (χ0n) is 41.0. The van der Waals surface area contributed by atoms with Crippen molar-refractivity contribution >= 4 is 29.2 Å². The van der Waals surface area contributed by atoms with E-state index in [0.717, 1.165) is 31.8 Å². The van der Waals surface area contributed by atoms with Crippen LogP contribution in [0, 0.1) is 11.8 Å². The predicted molar refractivity (Wildman–Crippen MR) is 265 cm³/mol. The average molecular weight is 922 g/mol. The standard InChI is InChI=1S/C53H84N3O8P/c1-10-45-53(7,61)49(59)41(5)56(33-24-31-52(6,60)50(39(3)35-38(2)37-62-45)64-51-48(58)44(55(8)9)36-40(4)63-51)47(57)30-20-12-11-13-23-34-65(42-25-16-14-17-26-42,43-27-18-15-19-28-43)46-29-21-22-32-54-46/h14-19,21-22,25-29,32,38-41,44-45,48-51,58-61,65H,10-13,20,23-24,30-31,33-37H2,1-9H3/t38-,39+,40-,41-,44+,45-,48-,49-,50-,51+,52-,53-/m1/s1. The van der Waals surface area contributed by atoms with Gasteiger partial charge in [0.05, 0.1) is 23.9 Å². The summed E-state index contributed by atoms with van der Waals surface area (Å²) in [5.74, 6) is -0.219. The molecule has 2 aromatic carbocycles. The van der Waals surface area contributed by atoms with E-state index < -0.39 is 55.2 Å².